The summed E-state index contributed by atoms with van der Waals surface area (Å²) in [5.41, 5.74) is 0. The summed E-state index contributed by atoms with van der Waals surface area (Å²) in [4.78, 5) is 11.4. The van der Waals surface area contributed by atoms with E-state index in [4.69, 9.17) is 13.3 Å². The molecule has 0 rings (SSSR count). The zero-order chi connectivity index (χ0) is 11.9. The SMILES string of the molecule is CCC(S)CCC(=O)O[Si](C)(OC)OC. The van der Waals surface area contributed by atoms with E-state index < -0.39 is 8.80 Å². The normalized spacial score (nSPS) is 13.7. The lowest BCUT2D eigenvalue weighted by molar-refractivity contribution is -0.138. The first-order valence-electron chi connectivity index (χ1n) is 4.97. The van der Waals surface area contributed by atoms with Crippen LogP contribution in [0, 0.1) is 0 Å². The molecule has 0 aliphatic heterocycles. The predicted octanol–water partition coefficient (Wildman–Crippen LogP) is 1.88. The third-order valence-electron chi connectivity index (χ3n) is 2.19. The minimum atomic E-state index is -2.72. The minimum Gasteiger partial charge on any atom is -0.473 e. The fourth-order valence-electron chi connectivity index (χ4n) is 0.913. The van der Waals surface area contributed by atoms with Gasteiger partial charge >= 0.3 is 8.80 Å². The molecule has 0 spiro atoms. The van der Waals surface area contributed by atoms with Crippen LogP contribution in [0.25, 0.3) is 0 Å². The molecule has 0 N–H and O–H groups in total. The Bertz CT molecular complexity index is 197. The van der Waals surface area contributed by atoms with Gasteiger partial charge in [0.2, 0.25) is 0 Å². The standard InChI is InChI=1S/C9H20O4SSi/c1-5-8(14)6-7-9(10)13-15(4,11-2)12-3/h8,14H,5-7H2,1-4H3. The second-order valence-corrected chi connectivity index (χ2v) is 6.82. The first-order chi connectivity index (χ1) is 6.97. The van der Waals surface area contributed by atoms with Gasteiger partial charge in [-0.3, -0.25) is 4.79 Å². The molecule has 4 nitrogen and oxygen atoms in total. The number of rotatable bonds is 7. The largest absolute Gasteiger partial charge is 0.564 e. The average Bonchev–Trinajstić information content (AvgIpc) is 2.25. The summed E-state index contributed by atoms with van der Waals surface area (Å²) in [6.07, 6.45) is 2.02. The molecule has 0 aromatic carbocycles. The zero-order valence-electron chi connectivity index (χ0n) is 9.78. The van der Waals surface area contributed by atoms with E-state index in [1.807, 2.05) is 6.92 Å². The molecule has 0 saturated heterocycles. The van der Waals surface area contributed by atoms with Gasteiger partial charge < -0.3 is 13.3 Å². The van der Waals surface area contributed by atoms with E-state index in [0.717, 1.165) is 12.8 Å². The molecule has 0 amide bonds. The fourth-order valence-corrected chi connectivity index (χ4v) is 1.89. The number of thiol groups is 1. The summed E-state index contributed by atoms with van der Waals surface area (Å²) in [5, 5.41) is 0.246. The van der Waals surface area contributed by atoms with Crippen LogP contribution in [0.4, 0.5) is 0 Å². The monoisotopic (exact) mass is 252 g/mol. The summed E-state index contributed by atoms with van der Waals surface area (Å²) in [7, 11) is 0.248. The quantitative estimate of drug-likeness (QED) is 0.555. The van der Waals surface area contributed by atoms with Crippen LogP contribution < -0.4 is 0 Å². The average molecular weight is 252 g/mol. The van der Waals surface area contributed by atoms with Crippen LogP contribution in [0.5, 0.6) is 0 Å². The van der Waals surface area contributed by atoms with E-state index >= 15 is 0 Å². The van der Waals surface area contributed by atoms with Crippen molar-refractivity contribution in [2.45, 2.75) is 38.0 Å². The lowest BCUT2D eigenvalue weighted by Gasteiger charge is -2.21. The van der Waals surface area contributed by atoms with Crippen molar-refractivity contribution in [1.82, 2.24) is 0 Å². The number of carbonyl (C=O) groups excluding carboxylic acids is 1. The van der Waals surface area contributed by atoms with E-state index in [9.17, 15) is 4.79 Å². The maximum Gasteiger partial charge on any atom is 0.564 e. The van der Waals surface area contributed by atoms with Crippen molar-refractivity contribution in [3.63, 3.8) is 0 Å². The predicted molar refractivity (Wildman–Crippen MR) is 64.0 cm³/mol. The topological polar surface area (TPSA) is 44.8 Å². The second-order valence-electron chi connectivity index (χ2n) is 3.35. The Morgan fingerprint density at radius 2 is 1.93 bits per heavy atom. The van der Waals surface area contributed by atoms with E-state index in [1.165, 1.54) is 14.2 Å². The van der Waals surface area contributed by atoms with E-state index in [0.29, 0.717) is 6.42 Å². The van der Waals surface area contributed by atoms with Crippen molar-refractivity contribution < 1.29 is 18.1 Å². The summed E-state index contributed by atoms with van der Waals surface area (Å²) in [6, 6.07) is 0. The third-order valence-corrected chi connectivity index (χ3v) is 4.90. The molecule has 0 saturated carbocycles. The fraction of sp³-hybridized carbons (Fsp3) is 0.889. The number of hydrogen-bond donors (Lipinski definition) is 1. The van der Waals surface area contributed by atoms with E-state index in [-0.39, 0.29) is 11.2 Å². The minimum absolute atomic E-state index is 0.246. The van der Waals surface area contributed by atoms with Crippen LogP contribution >= 0.6 is 12.6 Å². The van der Waals surface area contributed by atoms with Crippen molar-refractivity contribution in [2.75, 3.05) is 14.2 Å². The number of hydrogen-bond acceptors (Lipinski definition) is 5. The van der Waals surface area contributed by atoms with Gasteiger partial charge in [0, 0.05) is 32.4 Å². The van der Waals surface area contributed by atoms with Crippen LogP contribution in [0.15, 0.2) is 0 Å². The van der Waals surface area contributed by atoms with Crippen LogP contribution in [0.3, 0.4) is 0 Å². The van der Waals surface area contributed by atoms with Gasteiger partial charge in [0.1, 0.15) is 0 Å². The number of carbonyl (C=O) groups is 1. The van der Waals surface area contributed by atoms with Crippen LogP contribution in [-0.2, 0) is 18.1 Å². The molecule has 90 valence electrons. The van der Waals surface area contributed by atoms with Gasteiger partial charge in [0.25, 0.3) is 5.97 Å². The highest BCUT2D eigenvalue weighted by atomic mass is 32.1. The van der Waals surface area contributed by atoms with Crippen molar-refractivity contribution in [3.8, 4) is 0 Å². The highest BCUT2D eigenvalue weighted by Gasteiger charge is 2.36. The van der Waals surface area contributed by atoms with Crippen LogP contribution in [0.1, 0.15) is 26.2 Å². The van der Waals surface area contributed by atoms with Crippen molar-refractivity contribution in [3.05, 3.63) is 0 Å². The Balaban J connectivity index is 3.92. The molecular formula is C9H20O4SSi. The molecule has 0 aromatic heterocycles. The Hall–Kier alpha value is -0.0431. The zero-order valence-corrected chi connectivity index (χ0v) is 11.7. The molecule has 1 unspecified atom stereocenters. The van der Waals surface area contributed by atoms with Crippen LogP contribution in [-0.4, -0.2) is 34.2 Å². The van der Waals surface area contributed by atoms with Crippen LogP contribution in [0.2, 0.25) is 6.55 Å². The lowest BCUT2D eigenvalue weighted by atomic mass is 10.2. The molecule has 0 bridgehead atoms. The Morgan fingerprint density at radius 1 is 1.40 bits per heavy atom. The van der Waals surface area contributed by atoms with Gasteiger partial charge in [-0.2, -0.15) is 12.6 Å². The van der Waals surface area contributed by atoms with Crippen molar-refractivity contribution >= 4 is 27.4 Å². The second kappa shape index (κ2) is 7.27. The summed E-state index contributed by atoms with van der Waals surface area (Å²) < 4.78 is 15.2. The molecule has 0 heterocycles. The highest BCUT2D eigenvalue weighted by Crippen LogP contribution is 2.12. The van der Waals surface area contributed by atoms with Gasteiger partial charge in [0.05, 0.1) is 0 Å². The van der Waals surface area contributed by atoms with Crippen molar-refractivity contribution in [1.29, 1.82) is 0 Å². The maximum absolute atomic E-state index is 11.4. The molecule has 0 aliphatic carbocycles. The molecule has 0 radical (unpaired) electrons. The Labute approximate surface area is 98.1 Å². The van der Waals surface area contributed by atoms with Gasteiger partial charge in [-0.15, -0.1) is 0 Å². The summed E-state index contributed by atoms with van der Waals surface area (Å²) in [6.45, 7) is 3.72. The molecule has 15 heavy (non-hydrogen) atoms. The third kappa shape index (κ3) is 6.19. The Kier molecular flexibility index (Phi) is 7.25. The van der Waals surface area contributed by atoms with Crippen molar-refractivity contribution in [2.24, 2.45) is 0 Å². The molecule has 6 heteroatoms. The molecule has 1 atom stereocenters. The van der Waals surface area contributed by atoms with E-state index in [2.05, 4.69) is 12.6 Å². The summed E-state index contributed by atoms with van der Waals surface area (Å²) >= 11 is 4.30. The lowest BCUT2D eigenvalue weighted by Crippen LogP contribution is -2.42. The van der Waals surface area contributed by atoms with Gasteiger partial charge in [-0.25, -0.2) is 0 Å². The smallest absolute Gasteiger partial charge is 0.473 e. The van der Waals surface area contributed by atoms with E-state index in [1.54, 1.807) is 6.55 Å². The van der Waals surface area contributed by atoms with Gasteiger partial charge in [-0.05, 0) is 12.8 Å². The van der Waals surface area contributed by atoms with Gasteiger partial charge in [-0.1, -0.05) is 6.92 Å². The molecule has 0 aliphatic rings. The maximum atomic E-state index is 11.4. The molecule has 0 aromatic rings. The molecular weight excluding hydrogens is 232 g/mol. The first-order valence-corrected chi connectivity index (χ1v) is 7.71. The highest BCUT2D eigenvalue weighted by molar-refractivity contribution is 7.80. The summed E-state index contributed by atoms with van der Waals surface area (Å²) in [5.74, 6) is -0.277. The van der Waals surface area contributed by atoms with Gasteiger partial charge in [0.15, 0.2) is 0 Å². The Morgan fingerprint density at radius 3 is 2.33 bits per heavy atom. The first kappa shape index (κ1) is 15.0. The molecule has 0 fully saturated rings.